The van der Waals surface area contributed by atoms with Crippen LogP contribution in [0.4, 0.5) is 9.18 Å². The maximum atomic E-state index is 13.1. The van der Waals surface area contributed by atoms with Crippen LogP contribution in [0.5, 0.6) is 0 Å². The van der Waals surface area contributed by atoms with E-state index in [1.165, 1.54) is 23.1 Å². The van der Waals surface area contributed by atoms with Crippen LogP contribution in [0.15, 0.2) is 18.2 Å². The average molecular weight is 249 g/mol. The first-order valence-corrected chi connectivity index (χ1v) is 5.67. The molecular formula is C13H17BFNO2. The summed E-state index contributed by atoms with van der Waals surface area (Å²) in [5.41, 5.74) is 0.453. The molecule has 96 valence electrons. The first kappa shape index (κ1) is 14.5. The first-order chi connectivity index (χ1) is 8.19. The monoisotopic (exact) mass is 249 g/mol. The lowest BCUT2D eigenvalue weighted by atomic mass is 9.90. The molecule has 1 amide bonds. The summed E-state index contributed by atoms with van der Waals surface area (Å²) in [6, 6.07) is 4.08. The van der Waals surface area contributed by atoms with E-state index >= 15 is 0 Å². The van der Waals surface area contributed by atoms with Gasteiger partial charge in [-0.05, 0) is 38.5 Å². The molecule has 0 saturated heterocycles. The van der Waals surface area contributed by atoms with Crippen LogP contribution >= 0.6 is 0 Å². The number of ether oxygens (including phenoxy) is 1. The van der Waals surface area contributed by atoms with E-state index in [9.17, 15) is 9.18 Å². The standard InChI is InChI=1S/C13H17BFNO2/c1-13(2,3)18-12(17)16(4)8-9-7-10(15)5-6-11(9)14/h5-7H,8H2,1-4H3. The third-order valence-electron chi connectivity index (χ3n) is 2.22. The van der Waals surface area contributed by atoms with Gasteiger partial charge in [0.15, 0.2) is 0 Å². The molecule has 0 bridgehead atoms. The van der Waals surface area contributed by atoms with Gasteiger partial charge >= 0.3 is 6.09 Å². The summed E-state index contributed by atoms with van der Waals surface area (Å²) in [6.07, 6.45) is -0.467. The topological polar surface area (TPSA) is 29.5 Å². The number of benzene rings is 1. The van der Waals surface area contributed by atoms with Crippen LogP contribution in [-0.4, -0.2) is 31.5 Å². The highest BCUT2D eigenvalue weighted by Gasteiger charge is 2.19. The highest BCUT2D eigenvalue weighted by molar-refractivity contribution is 6.33. The quantitative estimate of drug-likeness (QED) is 0.750. The minimum absolute atomic E-state index is 0.207. The van der Waals surface area contributed by atoms with Gasteiger partial charge in [-0.15, -0.1) is 0 Å². The second-order valence-electron chi connectivity index (χ2n) is 5.18. The molecule has 0 aromatic heterocycles. The van der Waals surface area contributed by atoms with Gasteiger partial charge in [0.1, 0.15) is 19.3 Å². The van der Waals surface area contributed by atoms with E-state index in [1.807, 2.05) is 0 Å². The number of nitrogens with zero attached hydrogens (tertiary/aromatic N) is 1. The minimum atomic E-state index is -0.557. The highest BCUT2D eigenvalue weighted by atomic mass is 19.1. The Labute approximate surface area is 108 Å². The summed E-state index contributed by atoms with van der Waals surface area (Å²) in [5.74, 6) is -0.378. The fourth-order valence-corrected chi connectivity index (χ4v) is 1.37. The molecule has 0 aliphatic rings. The zero-order chi connectivity index (χ0) is 13.9. The van der Waals surface area contributed by atoms with Crippen LogP contribution in [0.25, 0.3) is 0 Å². The predicted molar refractivity (Wildman–Crippen MR) is 69.5 cm³/mol. The van der Waals surface area contributed by atoms with Crippen LogP contribution < -0.4 is 5.46 Å². The summed E-state index contributed by atoms with van der Waals surface area (Å²) in [4.78, 5) is 13.1. The van der Waals surface area contributed by atoms with Crippen molar-refractivity contribution in [1.29, 1.82) is 0 Å². The normalized spacial score (nSPS) is 11.2. The number of amides is 1. The van der Waals surface area contributed by atoms with Crippen molar-refractivity contribution < 1.29 is 13.9 Å². The van der Waals surface area contributed by atoms with E-state index in [-0.39, 0.29) is 12.4 Å². The molecule has 0 N–H and O–H groups in total. The van der Waals surface area contributed by atoms with E-state index in [4.69, 9.17) is 12.6 Å². The molecule has 0 heterocycles. The Bertz CT molecular complexity index is 443. The van der Waals surface area contributed by atoms with Crippen molar-refractivity contribution in [2.45, 2.75) is 32.9 Å². The summed E-state index contributed by atoms with van der Waals surface area (Å²) in [5, 5.41) is 0. The van der Waals surface area contributed by atoms with Crippen LogP contribution in [0.1, 0.15) is 26.3 Å². The molecule has 1 aromatic rings. The molecule has 18 heavy (non-hydrogen) atoms. The number of hydrogen-bond donors (Lipinski definition) is 0. The van der Waals surface area contributed by atoms with Gasteiger partial charge in [0, 0.05) is 13.6 Å². The second kappa shape index (κ2) is 5.42. The van der Waals surface area contributed by atoms with Gasteiger partial charge in [-0.3, -0.25) is 0 Å². The molecule has 0 atom stereocenters. The molecule has 0 spiro atoms. The van der Waals surface area contributed by atoms with Crippen molar-refractivity contribution >= 4 is 19.4 Å². The fourth-order valence-electron chi connectivity index (χ4n) is 1.37. The zero-order valence-corrected chi connectivity index (χ0v) is 11.2. The zero-order valence-electron chi connectivity index (χ0n) is 11.2. The second-order valence-corrected chi connectivity index (χ2v) is 5.18. The van der Waals surface area contributed by atoms with Crippen molar-refractivity contribution in [1.82, 2.24) is 4.90 Å². The molecular weight excluding hydrogens is 232 g/mol. The van der Waals surface area contributed by atoms with E-state index < -0.39 is 11.7 Å². The lowest BCUT2D eigenvalue weighted by Crippen LogP contribution is -2.34. The minimum Gasteiger partial charge on any atom is -0.444 e. The number of carbonyl (C=O) groups is 1. The smallest absolute Gasteiger partial charge is 0.410 e. The van der Waals surface area contributed by atoms with Gasteiger partial charge in [0.25, 0.3) is 0 Å². The van der Waals surface area contributed by atoms with Gasteiger partial charge in [0.05, 0.1) is 0 Å². The van der Waals surface area contributed by atoms with Gasteiger partial charge in [-0.25, -0.2) is 9.18 Å². The Kier molecular flexibility index (Phi) is 4.38. The Morgan fingerprint density at radius 3 is 2.61 bits per heavy atom. The molecule has 1 rings (SSSR count). The fraction of sp³-hybridized carbons (Fsp3) is 0.462. The average Bonchev–Trinajstić information content (AvgIpc) is 2.21. The Hall–Kier alpha value is -1.52. The van der Waals surface area contributed by atoms with E-state index in [0.29, 0.717) is 11.0 Å². The van der Waals surface area contributed by atoms with E-state index in [1.54, 1.807) is 27.8 Å². The molecule has 0 aliphatic carbocycles. The SMILES string of the molecule is [B]c1ccc(F)cc1CN(C)C(=O)OC(C)(C)C. The summed E-state index contributed by atoms with van der Waals surface area (Å²) < 4.78 is 18.3. The van der Waals surface area contributed by atoms with E-state index in [0.717, 1.165) is 0 Å². The van der Waals surface area contributed by atoms with E-state index in [2.05, 4.69) is 0 Å². The first-order valence-electron chi connectivity index (χ1n) is 5.67. The summed E-state index contributed by atoms with van der Waals surface area (Å²) in [7, 11) is 7.30. The van der Waals surface area contributed by atoms with Crippen LogP contribution in [0.3, 0.4) is 0 Å². The van der Waals surface area contributed by atoms with Gasteiger partial charge in [-0.2, -0.15) is 0 Å². The lowest BCUT2D eigenvalue weighted by molar-refractivity contribution is 0.0285. The molecule has 2 radical (unpaired) electrons. The van der Waals surface area contributed by atoms with Crippen LogP contribution in [-0.2, 0) is 11.3 Å². The Morgan fingerprint density at radius 2 is 2.06 bits per heavy atom. The summed E-state index contributed by atoms with van der Waals surface area (Å²) in [6.45, 7) is 5.57. The summed E-state index contributed by atoms with van der Waals surface area (Å²) >= 11 is 0. The third kappa shape index (κ3) is 4.39. The largest absolute Gasteiger partial charge is 0.444 e. The third-order valence-corrected chi connectivity index (χ3v) is 2.22. The van der Waals surface area contributed by atoms with Crippen molar-refractivity contribution in [3.8, 4) is 0 Å². The van der Waals surface area contributed by atoms with Crippen LogP contribution in [0, 0.1) is 5.82 Å². The molecule has 3 nitrogen and oxygen atoms in total. The molecule has 0 aliphatic heterocycles. The predicted octanol–water partition coefficient (Wildman–Crippen LogP) is 1.99. The van der Waals surface area contributed by atoms with Crippen molar-refractivity contribution in [3.05, 3.63) is 29.6 Å². The van der Waals surface area contributed by atoms with Crippen LogP contribution in [0.2, 0.25) is 0 Å². The maximum absolute atomic E-state index is 13.1. The van der Waals surface area contributed by atoms with Gasteiger partial charge in [-0.1, -0.05) is 11.5 Å². The van der Waals surface area contributed by atoms with Crippen molar-refractivity contribution in [2.24, 2.45) is 0 Å². The molecule has 0 unspecified atom stereocenters. The van der Waals surface area contributed by atoms with Crippen molar-refractivity contribution in [2.75, 3.05) is 7.05 Å². The Balaban J connectivity index is 2.72. The molecule has 0 saturated carbocycles. The molecule has 0 fully saturated rings. The van der Waals surface area contributed by atoms with Gasteiger partial charge in [0.2, 0.25) is 0 Å². The number of hydrogen-bond acceptors (Lipinski definition) is 2. The number of halogens is 1. The number of carbonyl (C=O) groups excluding carboxylic acids is 1. The maximum Gasteiger partial charge on any atom is 0.410 e. The Morgan fingerprint density at radius 1 is 1.44 bits per heavy atom. The highest BCUT2D eigenvalue weighted by Crippen LogP contribution is 2.11. The lowest BCUT2D eigenvalue weighted by Gasteiger charge is -2.25. The molecule has 1 aromatic carbocycles. The van der Waals surface area contributed by atoms with Gasteiger partial charge < -0.3 is 9.64 Å². The van der Waals surface area contributed by atoms with Crippen molar-refractivity contribution in [3.63, 3.8) is 0 Å². The number of rotatable bonds is 2. The molecule has 5 heteroatoms.